The predicted octanol–water partition coefficient (Wildman–Crippen LogP) is 4.51. The van der Waals surface area contributed by atoms with Gasteiger partial charge in [0.25, 0.3) is 0 Å². The Balaban J connectivity index is 2.77. The van der Waals surface area contributed by atoms with Crippen LogP contribution in [0.2, 0.25) is 0 Å². The van der Waals surface area contributed by atoms with Crippen molar-refractivity contribution in [2.45, 2.75) is 72.5 Å². The molecule has 1 unspecified atom stereocenters. The van der Waals surface area contributed by atoms with E-state index in [1.165, 1.54) is 29.7 Å². The van der Waals surface area contributed by atoms with Crippen molar-refractivity contribution < 1.29 is 0 Å². The van der Waals surface area contributed by atoms with Crippen LogP contribution in [0, 0.1) is 6.92 Å². The monoisotopic (exact) mass is 276 g/mol. The Bertz CT molecular complexity index is 418. The fourth-order valence-electron chi connectivity index (χ4n) is 2.44. The molecule has 1 atom stereocenters. The molecule has 2 nitrogen and oxygen atoms in total. The summed E-state index contributed by atoms with van der Waals surface area (Å²) >= 11 is 0. The minimum atomic E-state index is 0.166. The topological polar surface area (TPSA) is 15.3 Å². The zero-order valence-electron chi connectivity index (χ0n) is 14.4. The Hall–Kier alpha value is -1.02. The zero-order chi connectivity index (χ0) is 15.3. The first kappa shape index (κ1) is 17.0. The second-order valence-electron chi connectivity index (χ2n) is 6.97. The third-order valence-corrected chi connectivity index (χ3v) is 3.83. The minimum absolute atomic E-state index is 0.166. The molecule has 0 bridgehead atoms. The van der Waals surface area contributed by atoms with Gasteiger partial charge in [-0.2, -0.15) is 0 Å². The molecule has 1 aromatic rings. The van der Waals surface area contributed by atoms with Crippen LogP contribution < -0.4 is 10.2 Å². The first-order chi connectivity index (χ1) is 9.24. The number of aryl methyl sites for hydroxylation is 1. The van der Waals surface area contributed by atoms with E-state index in [9.17, 15) is 0 Å². The summed E-state index contributed by atoms with van der Waals surface area (Å²) in [5.41, 5.74) is 4.24. The van der Waals surface area contributed by atoms with E-state index in [1.807, 2.05) is 0 Å². The lowest BCUT2D eigenvalue weighted by atomic mass is 10.0. The van der Waals surface area contributed by atoms with Gasteiger partial charge in [0.1, 0.15) is 0 Å². The molecule has 2 heteroatoms. The summed E-state index contributed by atoms with van der Waals surface area (Å²) in [7, 11) is 2.20. The molecule has 0 aliphatic rings. The largest absolute Gasteiger partial charge is 0.372 e. The Morgan fingerprint density at radius 2 is 1.90 bits per heavy atom. The average Bonchev–Trinajstić information content (AvgIpc) is 2.35. The van der Waals surface area contributed by atoms with E-state index in [2.05, 4.69) is 77.0 Å². The van der Waals surface area contributed by atoms with Gasteiger partial charge in [-0.3, -0.25) is 0 Å². The molecule has 20 heavy (non-hydrogen) atoms. The van der Waals surface area contributed by atoms with Crippen molar-refractivity contribution in [1.29, 1.82) is 0 Å². The normalized spacial score (nSPS) is 13.3. The molecule has 114 valence electrons. The summed E-state index contributed by atoms with van der Waals surface area (Å²) in [6, 6.07) is 7.41. The Morgan fingerprint density at radius 3 is 2.40 bits per heavy atom. The number of hydrogen-bond donors (Lipinski definition) is 1. The highest BCUT2D eigenvalue weighted by Crippen LogP contribution is 2.23. The van der Waals surface area contributed by atoms with Gasteiger partial charge >= 0.3 is 0 Å². The van der Waals surface area contributed by atoms with Gasteiger partial charge in [0, 0.05) is 30.9 Å². The molecule has 0 fully saturated rings. The van der Waals surface area contributed by atoms with Crippen molar-refractivity contribution in [2.24, 2.45) is 0 Å². The quantitative estimate of drug-likeness (QED) is 0.822. The molecule has 0 amide bonds. The molecule has 0 aliphatic carbocycles. The first-order valence-corrected chi connectivity index (χ1v) is 7.82. The van der Waals surface area contributed by atoms with Crippen LogP contribution in [0.5, 0.6) is 0 Å². The van der Waals surface area contributed by atoms with Crippen molar-refractivity contribution in [3.8, 4) is 0 Å². The van der Waals surface area contributed by atoms with E-state index >= 15 is 0 Å². The smallest absolute Gasteiger partial charge is 0.0395 e. The Kier molecular flexibility index (Phi) is 6.07. The molecule has 1 N–H and O–H groups in total. The maximum atomic E-state index is 3.54. The van der Waals surface area contributed by atoms with Crippen LogP contribution in [-0.2, 0) is 6.54 Å². The van der Waals surface area contributed by atoms with Crippen LogP contribution in [0.1, 0.15) is 58.6 Å². The second kappa shape index (κ2) is 7.12. The summed E-state index contributed by atoms with van der Waals surface area (Å²) in [6.45, 7) is 14.3. The molecule has 0 aromatic heterocycles. The fourth-order valence-corrected chi connectivity index (χ4v) is 2.44. The molecule has 1 rings (SSSR count). The summed E-state index contributed by atoms with van der Waals surface area (Å²) in [4.78, 5) is 2.40. The van der Waals surface area contributed by atoms with Crippen molar-refractivity contribution in [3.63, 3.8) is 0 Å². The highest BCUT2D eigenvalue weighted by molar-refractivity contribution is 5.54. The molecule has 0 aliphatic heterocycles. The minimum Gasteiger partial charge on any atom is -0.372 e. The number of hydrogen-bond acceptors (Lipinski definition) is 2. The summed E-state index contributed by atoms with van der Waals surface area (Å²) in [6.07, 6.45) is 2.47. The van der Waals surface area contributed by atoms with Gasteiger partial charge in [0.2, 0.25) is 0 Å². The number of rotatable bonds is 6. The van der Waals surface area contributed by atoms with Crippen molar-refractivity contribution in [2.75, 3.05) is 11.9 Å². The molecular formula is C18H32N2. The maximum absolute atomic E-state index is 3.54. The molecule has 0 saturated heterocycles. The van der Waals surface area contributed by atoms with E-state index in [0.717, 1.165) is 6.54 Å². The standard InChI is InChI=1S/C18H32N2/c1-8-9-15(3)20(7)17-11-10-16(12-14(17)2)13-19-18(4,5)6/h10-12,15,19H,8-9,13H2,1-7H3. The molecule has 0 radical (unpaired) electrons. The van der Waals surface area contributed by atoms with E-state index < -0.39 is 0 Å². The van der Waals surface area contributed by atoms with Gasteiger partial charge < -0.3 is 10.2 Å². The van der Waals surface area contributed by atoms with Crippen LogP contribution in [0.15, 0.2) is 18.2 Å². The highest BCUT2D eigenvalue weighted by Gasteiger charge is 2.12. The Morgan fingerprint density at radius 1 is 1.25 bits per heavy atom. The average molecular weight is 276 g/mol. The lowest BCUT2D eigenvalue weighted by Crippen LogP contribution is -2.35. The van der Waals surface area contributed by atoms with Crippen molar-refractivity contribution in [1.82, 2.24) is 5.32 Å². The Labute approximate surface area is 125 Å². The van der Waals surface area contributed by atoms with Crippen molar-refractivity contribution in [3.05, 3.63) is 29.3 Å². The van der Waals surface area contributed by atoms with Gasteiger partial charge in [-0.1, -0.05) is 25.5 Å². The third-order valence-electron chi connectivity index (χ3n) is 3.83. The number of benzene rings is 1. The molecule has 1 aromatic carbocycles. The van der Waals surface area contributed by atoms with E-state index in [4.69, 9.17) is 0 Å². The third kappa shape index (κ3) is 5.16. The van der Waals surface area contributed by atoms with Gasteiger partial charge in [-0.25, -0.2) is 0 Å². The van der Waals surface area contributed by atoms with Gasteiger partial charge in [-0.05, 0) is 58.2 Å². The van der Waals surface area contributed by atoms with Gasteiger partial charge in [-0.15, -0.1) is 0 Å². The van der Waals surface area contributed by atoms with Crippen LogP contribution in [0.4, 0.5) is 5.69 Å². The van der Waals surface area contributed by atoms with E-state index in [-0.39, 0.29) is 5.54 Å². The predicted molar refractivity (Wildman–Crippen MR) is 90.5 cm³/mol. The number of anilines is 1. The SMILES string of the molecule is CCCC(C)N(C)c1ccc(CNC(C)(C)C)cc1C. The van der Waals surface area contributed by atoms with Crippen LogP contribution in [-0.4, -0.2) is 18.6 Å². The fraction of sp³-hybridized carbons (Fsp3) is 0.667. The first-order valence-electron chi connectivity index (χ1n) is 7.82. The lowest BCUT2D eigenvalue weighted by molar-refractivity contribution is 0.424. The van der Waals surface area contributed by atoms with Gasteiger partial charge in [0.05, 0.1) is 0 Å². The molecule has 0 spiro atoms. The maximum Gasteiger partial charge on any atom is 0.0395 e. The van der Waals surface area contributed by atoms with E-state index in [0.29, 0.717) is 6.04 Å². The molecule has 0 heterocycles. The van der Waals surface area contributed by atoms with Crippen molar-refractivity contribution >= 4 is 5.69 Å². The molecular weight excluding hydrogens is 244 g/mol. The van der Waals surface area contributed by atoms with Crippen LogP contribution >= 0.6 is 0 Å². The number of nitrogens with one attached hydrogen (secondary N) is 1. The van der Waals surface area contributed by atoms with Crippen LogP contribution in [0.25, 0.3) is 0 Å². The molecule has 0 saturated carbocycles. The zero-order valence-corrected chi connectivity index (χ0v) is 14.4. The van der Waals surface area contributed by atoms with E-state index in [1.54, 1.807) is 0 Å². The summed E-state index contributed by atoms with van der Waals surface area (Å²) < 4.78 is 0. The van der Waals surface area contributed by atoms with Gasteiger partial charge in [0.15, 0.2) is 0 Å². The van der Waals surface area contributed by atoms with Crippen LogP contribution in [0.3, 0.4) is 0 Å². The number of nitrogens with zero attached hydrogens (tertiary/aromatic N) is 1. The summed E-state index contributed by atoms with van der Waals surface area (Å²) in [5, 5.41) is 3.54. The lowest BCUT2D eigenvalue weighted by Gasteiger charge is -2.29. The summed E-state index contributed by atoms with van der Waals surface area (Å²) in [5.74, 6) is 0. The highest BCUT2D eigenvalue weighted by atomic mass is 15.1. The second-order valence-corrected chi connectivity index (χ2v) is 6.97.